The summed E-state index contributed by atoms with van der Waals surface area (Å²) >= 11 is 0. The van der Waals surface area contributed by atoms with Crippen molar-refractivity contribution in [3.8, 4) is 0 Å². The Morgan fingerprint density at radius 2 is 1.78 bits per heavy atom. The molecular weight excluding hydrogens is 327 g/mol. The second kappa shape index (κ2) is 5.26. The van der Waals surface area contributed by atoms with E-state index in [0.29, 0.717) is 18.2 Å². The predicted molar refractivity (Wildman–Crippen MR) is 80.7 cm³/mol. The van der Waals surface area contributed by atoms with Crippen LogP contribution < -0.4 is 4.31 Å². The van der Waals surface area contributed by atoms with Gasteiger partial charge in [-0.05, 0) is 43.2 Å². The van der Waals surface area contributed by atoms with Crippen molar-refractivity contribution < 1.29 is 21.6 Å². The van der Waals surface area contributed by atoms with Crippen molar-refractivity contribution in [1.29, 1.82) is 0 Å². The zero-order valence-corrected chi connectivity index (χ0v) is 13.0. The first kappa shape index (κ1) is 15.9. The molecule has 0 N–H and O–H groups in total. The van der Waals surface area contributed by atoms with Gasteiger partial charge in [0.1, 0.15) is 0 Å². The Bertz CT molecular complexity index is 846. The quantitative estimate of drug-likeness (QED) is 0.832. The van der Waals surface area contributed by atoms with E-state index in [1.54, 1.807) is 19.1 Å². The molecule has 0 saturated heterocycles. The van der Waals surface area contributed by atoms with E-state index in [2.05, 4.69) is 0 Å². The van der Waals surface area contributed by atoms with Crippen molar-refractivity contribution in [3.05, 3.63) is 59.7 Å². The van der Waals surface area contributed by atoms with Crippen LogP contribution in [0.3, 0.4) is 0 Å². The molecule has 0 spiro atoms. The van der Waals surface area contributed by atoms with Crippen molar-refractivity contribution in [1.82, 2.24) is 0 Å². The highest BCUT2D eigenvalue weighted by molar-refractivity contribution is 7.92. The number of nitrogens with zero attached hydrogens (tertiary/aromatic N) is 1. The van der Waals surface area contributed by atoms with Gasteiger partial charge in [0.05, 0.1) is 16.1 Å². The Balaban J connectivity index is 2.10. The number of rotatable bonds is 2. The van der Waals surface area contributed by atoms with Crippen LogP contribution in [-0.2, 0) is 22.6 Å². The molecule has 0 radical (unpaired) electrons. The molecule has 0 aliphatic carbocycles. The molecule has 1 unspecified atom stereocenters. The van der Waals surface area contributed by atoms with E-state index >= 15 is 0 Å². The maximum Gasteiger partial charge on any atom is 0.416 e. The number of anilines is 1. The van der Waals surface area contributed by atoms with Gasteiger partial charge in [-0.15, -0.1) is 0 Å². The molecule has 0 saturated carbocycles. The van der Waals surface area contributed by atoms with Crippen molar-refractivity contribution >= 4 is 15.7 Å². The van der Waals surface area contributed by atoms with E-state index in [-0.39, 0.29) is 10.9 Å². The second-order valence-corrected chi connectivity index (χ2v) is 7.32. The summed E-state index contributed by atoms with van der Waals surface area (Å²) in [5.41, 5.74) is 0.423. The first-order valence-electron chi connectivity index (χ1n) is 7.01. The summed E-state index contributed by atoms with van der Waals surface area (Å²) in [7, 11) is -4.05. The Hall–Kier alpha value is -2.02. The second-order valence-electron chi connectivity index (χ2n) is 5.51. The lowest BCUT2D eigenvalue weighted by Crippen LogP contribution is -2.35. The van der Waals surface area contributed by atoms with Gasteiger partial charge in [-0.1, -0.05) is 24.3 Å². The molecule has 122 valence electrons. The van der Waals surface area contributed by atoms with E-state index in [0.717, 1.165) is 17.7 Å². The highest BCUT2D eigenvalue weighted by Gasteiger charge is 2.37. The lowest BCUT2D eigenvalue weighted by molar-refractivity contribution is -0.137. The molecule has 0 fully saturated rings. The van der Waals surface area contributed by atoms with E-state index in [1.807, 2.05) is 12.1 Å². The molecule has 2 aromatic rings. The smallest absolute Gasteiger partial charge is 0.263 e. The molecule has 0 amide bonds. The maximum atomic E-state index is 12.8. The maximum absolute atomic E-state index is 12.8. The van der Waals surface area contributed by atoms with Crippen molar-refractivity contribution in [2.75, 3.05) is 4.31 Å². The van der Waals surface area contributed by atoms with Gasteiger partial charge in [0, 0.05) is 6.04 Å². The van der Waals surface area contributed by atoms with Crippen molar-refractivity contribution in [2.45, 2.75) is 30.5 Å². The molecule has 0 bridgehead atoms. The van der Waals surface area contributed by atoms with E-state index in [9.17, 15) is 21.6 Å². The molecule has 2 aromatic carbocycles. The fraction of sp³-hybridized carbons (Fsp3) is 0.250. The largest absolute Gasteiger partial charge is 0.416 e. The van der Waals surface area contributed by atoms with Crippen molar-refractivity contribution in [3.63, 3.8) is 0 Å². The van der Waals surface area contributed by atoms with Gasteiger partial charge in [0.15, 0.2) is 0 Å². The minimum Gasteiger partial charge on any atom is -0.263 e. The average Bonchev–Trinajstić information content (AvgIpc) is 2.83. The number of benzene rings is 2. The van der Waals surface area contributed by atoms with Crippen LogP contribution in [0.1, 0.15) is 18.1 Å². The summed E-state index contributed by atoms with van der Waals surface area (Å²) in [6.45, 7) is 1.74. The van der Waals surface area contributed by atoms with Crippen LogP contribution in [0.25, 0.3) is 0 Å². The van der Waals surface area contributed by atoms with Crippen LogP contribution in [0.5, 0.6) is 0 Å². The van der Waals surface area contributed by atoms with E-state index in [4.69, 9.17) is 0 Å². The van der Waals surface area contributed by atoms with Crippen LogP contribution in [0.4, 0.5) is 18.9 Å². The third-order valence-electron chi connectivity index (χ3n) is 3.86. The third kappa shape index (κ3) is 2.69. The minimum atomic E-state index is -4.58. The van der Waals surface area contributed by atoms with Crippen LogP contribution >= 0.6 is 0 Å². The van der Waals surface area contributed by atoms with E-state index < -0.39 is 21.8 Å². The van der Waals surface area contributed by atoms with Gasteiger partial charge in [0.2, 0.25) is 0 Å². The molecular formula is C16H14F3NO2S. The minimum absolute atomic E-state index is 0.341. The number of hydrogen-bond donors (Lipinski definition) is 0. The van der Waals surface area contributed by atoms with Crippen LogP contribution in [0.2, 0.25) is 0 Å². The lowest BCUT2D eigenvalue weighted by atomic mass is 10.1. The Morgan fingerprint density at radius 1 is 1.09 bits per heavy atom. The SMILES string of the molecule is CC1Cc2ccccc2N1S(=O)(=O)c1cccc(C(F)(F)F)c1. The average molecular weight is 341 g/mol. The molecule has 1 aliphatic heterocycles. The normalized spacial score (nSPS) is 18.1. The molecule has 1 aliphatic rings. The summed E-state index contributed by atoms with van der Waals surface area (Å²) < 4.78 is 65.4. The zero-order valence-electron chi connectivity index (χ0n) is 12.2. The molecule has 3 nitrogen and oxygen atoms in total. The molecule has 23 heavy (non-hydrogen) atoms. The highest BCUT2D eigenvalue weighted by atomic mass is 32.2. The Kier molecular flexibility index (Phi) is 3.63. The Morgan fingerprint density at radius 3 is 2.48 bits per heavy atom. The number of sulfonamides is 1. The summed E-state index contributed by atoms with van der Waals surface area (Å²) in [6, 6.07) is 10.5. The van der Waals surface area contributed by atoms with Crippen LogP contribution in [0, 0.1) is 0 Å². The zero-order chi connectivity index (χ0) is 16.8. The standard InChI is InChI=1S/C16H14F3NO2S/c1-11-9-12-5-2-3-8-15(12)20(11)23(21,22)14-7-4-6-13(10-14)16(17,18)19/h2-8,10-11H,9H2,1H3. The van der Waals surface area contributed by atoms with Gasteiger partial charge >= 0.3 is 6.18 Å². The summed E-state index contributed by atoms with van der Waals surface area (Å²) in [5.74, 6) is 0. The molecule has 1 atom stereocenters. The fourth-order valence-corrected chi connectivity index (χ4v) is 4.59. The van der Waals surface area contributed by atoms with Gasteiger partial charge in [-0.3, -0.25) is 4.31 Å². The van der Waals surface area contributed by atoms with Crippen molar-refractivity contribution in [2.24, 2.45) is 0 Å². The topological polar surface area (TPSA) is 37.4 Å². The van der Waals surface area contributed by atoms with Crippen LogP contribution in [0.15, 0.2) is 53.4 Å². The Labute approximate surface area is 132 Å². The fourth-order valence-electron chi connectivity index (χ4n) is 2.85. The third-order valence-corrected chi connectivity index (χ3v) is 5.79. The monoisotopic (exact) mass is 341 g/mol. The molecule has 0 aromatic heterocycles. The summed E-state index contributed by atoms with van der Waals surface area (Å²) in [5, 5.41) is 0. The van der Waals surface area contributed by atoms with Crippen LogP contribution in [-0.4, -0.2) is 14.5 Å². The number of hydrogen-bond acceptors (Lipinski definition) is 2. The number of para-hydroxylation sites is 1. The van der Waals surface area contributed by atoms with Gasteiger partial charge in [0.25, 0.3) is 10.0 Å². The highest BCUT2D eigenvalue weighted by Crippen LogP contribution is 2.37. The predicted octanol–water partition coefficient (Wildman–Crippen LogP) is 3.85. The summed E-state index contributed by atoms with van der Waals surface area (Å²) in [6.07, 6.45) is -4.05. The van der Waals surface area contributed by atoms with Gasteiger partial charge in [-0.2, -0.15) is 13.2 Å². The lowest BCUT2D eigenvalue weighted by Gasteiger charge is -2.24. The van der Waals surface area contributed by atoms with E-state index in [1.165, 1.54) is 10.4 Å². The number of alkyl halides is 3. The first-order valence-corrected chi connectivity index (χ1v) is 8.45. The molecule has 1 heterocycles. The number of halogens is 3. The number of fused-ring (bicyclic) bond motifs is 1. The van der Waals surface area contributed by atoms with Gasteiger partial charge in [-0.25, -0.2) is 8.42 Å². The van der Waals surface area contributed by atoms with Gasteiger partial charge < -0.3 is 0 Å². The molecule has 3 rings (SSSR count). The summed E-state index contributed by atoms with van der Waals surface area (Å²) in [4.78, 5) is -0.351. The molecule has 7 heteroatoms. The first-order chi connectivity index (χ1) is 10.7.